The summed E-state index contributed by atoms with van der Waals surface area (Å²) in [6.45, 7) is 1.98. The molecule has 4 heteroatoms. The molecule has 2 rings (SSSR count). The van der Waals surface area contributed by atoms with E-state index in [2.05, 4.69) is 4.98 Å². The molecular weight excluding hydrogens is 206 g/mol. The maximum Gasteiger partial charge on any atom is 0.262 e. The van der Waals surface area contributed by atoms with Crippen LogP contribution >= 0.6 is 0 Å². The topological polar surface area (TPSA) is 70.2 Å². The van der Waals surface area contributed by atoms with E-state index < -0.39 is 5.56 Å². The van der Waals surface area contributed by atoms with Gasteiger partial charge in [0.05, 0.1) is 5.69 Å². The number of carbonyl (C=O) groups excluding carboxylic acids is 1. The number of aldehydes is 1. The van der Waals surface area contributed by atoms with E-state index in [1.165, 1.54) is 0 Å². The molecule has 0 radical (unpaired) electrons. The van der Waals surface area contributed by atoms with Gasteiger partial charge in [0.25, 0.3) is 5.56 Å². The van der Waals surface area contributed by atoms with Crippen molar-refractivity contribution in [3.05, 3.63) is 39.3 Å². The average molecular weight is 217 g/mol. The fourth-order valence-corrected chi connectivity index (χ4v) is 1.61. The molecule has 0 saturated heterocycles. The molecule has 0 fully saturated rings. The second-order valence-corrected chi connectivity index (χ2v) is 3.74. The number of hydrogen-bond donors (Lipinski definition) is 2. The molecule has 82 valence electrons. The zero-order chi connectivity index (χ0) is 11.7. The van der Waals surface area contributed by atoms with Gasteiger partial charge in [0, 0.05) is 5.56 Å². The minimum absolute atomic E-state index is 0.218. The molecule has 0 spiro atoms. The van der Waals surface area contributed by atoms with E-state index in [4.69, 9.17) is 0 Å². The van der Waals surface area contributed by atoms with Crippen LogP contribution in [-0.2, 0) is 0 Å². The third-order valence-electron chi connectivity index (χ3n) is 2.54. The normalized spacial score (nSPS) is 17.9. The van der Waals surface area contributed by atoms with Crippen molar-refractivity contribution < 1.29 is 9.90 Å². The van der Waals surface area contributed by atoms with Gasteiger partial charge < -0.3 is 10.1 Å². The Bertz CT molecular complexity index is 552. The van der Waals surface area contributed by atoms with Crippen LogP contribution in [0.3, 0.4) is 0 Å². The fraction of sp³-hybridized carbons (Fsp3) is 0.167. The number of hydrogen-bond acceptors (Lipinski definition) is 3. The Morgan fingerprint density at radius 2 is 2.06 bits per heavy atom. The molecule has 1 aliphatic rings. The highest BCUT2D eigenvalue weighted by atomic mass is 16.3. The summed E-state index contributed by atoms with van der Waals surface area (Å²) >= 11 is 0. The third-order valence-corrected chi connectivity index (χ3v) is 2.54. The van der Waals surface area contributed by atoms with E-state index in [1.807, 2.05) is 19.1 Å². The summed E-state index contributed by atoms with van der Waals surface area (Å²) in [4.78, 5) is 24.7. The molecule has 2 N–H and O–H groups in total. The number of aromatic amines is 1. The average Bonchev–Trinajstić information content (AvgIpc) is 2.42. The quantitative estimate of drug-likeness (QED) is 0.701. The number of aromatic hydroxyl groups is 1. The van der Waals surface area contributed by atoms with E-state index >= 15 is 0 Å². The number of pyridine rings is 1. The molecule has 1 aliphatic carbocycles. The van der Waals surface area contributed by atoms with E-state index in [1.54, 1.807) is 12.2 Å². The molecule has 4 nitrogen and oxygen atoms in total. The molecule has 16 heavy (non-hydrogen) atoms. The number of carbonyl (C=O) groups is 1. The van der Waals surface area contributed by atoms with Crippen LogP contribution in [0.2, 0.25) is 0 Å². The first-order valence-electron chi connectivity index (χ1n) is 4.94. The predicted octanol–water partition coefficient (Wildman–Crippen LogP) is 1.57. The van der Waals surface area contributed by atoms with Gasteiger partial charge in [0.15, 0.2) is 6.29 Å². The molecule has 1 unspecified atom stereocenters. The van der Waals surface area contributed by atoms with Gasteiger partial charge in [-0.2, -0.15) is 0 Å². The highest BCUT2D eigenvalue weighted by molar-refractivity contribution is 5.83. The summed E-state index contributed by atoms with van der Waals surface area (Å²) in [6.07, 6.45) is 7.58. The summed E-state index contributed by atoms with van der Waals surface area (Å²) in [5.74, 6) is -0.0428. The molecule has 0 aromatic carbocycles. The Hall–Kier alpha value is -2.10. The van der Waals surface area contributed by atoms with Crippen molar-refractivity contribution in [2.24, 2.45) is 5.92 Å². The molecule has 1 aromatic heterocycles. The largest absolute Gasteiger partial charge is 0.506 e. The lowest BCUT2D eigenvalue weighted by Gasteiger charge is -2.04. The molecule has 0 saturated carbocycles. The standard InChI is InChI=1S/C12H11NO3/c1-7-2-4-8-10(5-3-7)13-12(16)9(6-14)11(8)15/h2-7H,1H3,(H2,13,15,16). The van der Waals surface area contributed by atoms with E-state index in [-0.39, 0.29) is 17.2 Å². The third kappa shape index (κ3) is 1.58. The Kier molecular flexibility index (Phi) is 2.48. The fourth-order valence-electron chi connectivity index (χ4n) is 1.61. The smallest absolute Gasteiger partial charge is 0.262 e. The van der Waals surface area contributed by atoms with Crippen LogP contribution in [0, 0.1) is 5.92 Å². The molecule has 1 heterocycles. The second kappa shape index (κ2) is 3.81. The van der Waals surface area contributed by atoms with Crippen LogP contribution in [0.1, 0.15) is 28.5 Å². The Balaban J connectivity index is 2.76. The van der Waals surface area contributed by atoms with Crippen molar-refractivity contribution in [3.8, 4) is 5.75 Å². The van der Waals surface area contributed by atoms with Crippen molar-refractivity contribution in [2.75, 3.05) is 0 Å². The number of H-pyrrole nitrogens is 1. The first kappa shape index (κ1) is 10.4. The van der Waals surface area contributed by atoms with E-state index in [9.17, 15) is 14.7 Å². The molecule has 1 aromatic rings. The van der Waals surface area contributed by atoms with Crippen molar-refractivity contribution in [1.82, 2.24) is 4.98 Å². The zero-order valence-corrected chi connectivity index (χ0v) is 8.73. The summed E-state index contributed by atoms with van der Waals surface area (Å²) in [5.41, 5.74) is 0.196. The lowest BCUT2D eigenvalue weighted by atomic mass is 10.1. The predicted molar refractivity (Wildman–Crippen MR) is 61.3 cm³/mol. The van der Waals surface area contributed by atoms with Crippen LogP contribution in [0.25, 0.3) is 12.2 Å². The molecule has 0 aliphatic heterocycles. The van der Waals surface area contributed by atoms with Crippen molar-refractivity contribution in [1.29, 1.82) is 0 Å². The van der Waals surface area contributed by atoms with Gasteiger partial charge in [-0.1, -0.05) is 25.2 Å². The SMILES string of the molecule is CC1C=Cc2[nH]c(=O)c(C=O)c(O)c2C=C1. The van der Waals surface area contributed by atoms with E-state index in [0.29, 0.717) is 17.5 Å². The number of allylic oxidation sites excluding steroid dienone is 2. The van der Waals surface area contributed by atoms with Crippen molar-refractivity contribution >= 4 is 18.4 Å². The van der Waals surface area contributed by atoms with E-state index in [0.717, 1.165) is 0 Å². The van der Waals surface area contributed by atoms with Gasteiger partial charge in [0.2, 0.25) is 0 Å². The maximum atomic E-state index is 11.4. The molecule has 0 amide bonds. The minimum Gasteiger partial charge on any atom is -0.506 e. The second-order valence-electron chi connectivity index (χ2n) is 3.74. The monoisotopic (exact) mass is 217 g/mol. The molecule has 1 atom stereocenters. The summed E-state index contributed by atoms with van der Waals surface area (Å²) in [7, 11) is 0. The Morgan fingerprint density at radius 3 is 2.75 bits per heavy atom. The Labute approximate surface area is 91.9 Å². The minimum atomic E-state index is -0.571. The number of aromatic nitrogens is 1. The van der Waals surface area contributed by atoms with Gasteiger partial charge in [-0.3, -0.25) is 9.59 Å². The Morgan fingerprint density at radius 1 is 1.38 bits per heavy atom. The first-order valence-corrected chi connectivity index (χ1v) is 4.94. The van der Waals surface area contributed by atoms with Crippen LogP contribution in [0.4, 0.5) is 0 Å². The lowest BCUT2D eigenvalue weighted by Crippen LogP contribution is -2.14. The summed E-state index contributed by atoms with van der Waals surface area (Å²) in [6, 6.07) is 0. The van der Waals surface area contributed by atoms with Gasteiger partial charge >= 0.3 is 0 Å². The number of nitrogens with one attached hydrogen (secondary N) is 1. The van der Waals surface area contributed by atoms with Gasteiger partial charge in [-0.05, 0) is 12.0 Å². The van der Waals surface area contributed by atoms with Crippen molar-refractivity contribution in [3.63, 3.8) is 0 Å². The zero-order valence-electron chi connectivity index (χ0n) is 8.73. The van der Waals surface area contributed by atoms with Gasteiger partial charge in [-0.25, -0.2) is 0 Å². The van der Waals surface area contributed by atoms with Crippen molar-refractivity contribution in [2.45, 2.75) is 6.92 Å². The summed E-state index contributed by atoms with van der Waals surface area (Å²) in [5, 5.41) is 9.79. The van der Waals surface area contributed by atoms with Crippen LogP contribution in [0.15, 0.2) is 16.9 Å². The van der Waals surface area contributed by atoms with Gasteiger partial charge in [-0.15, -0.1) is 0 Å². The highest BCUT2D eigenvalue weighted by Crippen LogP contribution is 2.26. The lowest BCUT2D eigenvalue weighted by molar-refractivity contribution is 0.111. The molecular formula is C12H11NO3. The first-order chi connectivity index (χ1) is 7.63. The maximum absolute atomic E-state index is 11.4. The van der Waals surface area contributed by atoms with Crippen LogP contribution in [0.5, 0.6) is 5.75 Å². The summed E-state index contributed by atoms with van der Waals surface area (Å²) < 4.78 is 0. The van der Waals surface area contributed by atoms with Crippen LogP contribution in [-0.4, -0.2) is 16.4 Å². The highest BCUT2D eigenvalue weighted by Gasteiger charge is 2.14. The van der Waals surface area contributed by atoms with Crippen LogP contribution < -0.4 is 5.56 Å². The number of rotatable bonds is 1. The number of fused-ring (bicyclic) bond motifs is 1. The molecule has 0 bridgehead atoms. The van der Waals surface area contributed by atoms with Gasteiger partial charge in [0.1, 0.15) is 11.3 Å².